The highest BCUT2D eigenvalue weighted by Gasteiger charge is 2.72. The largest absolute Gasteiger partial charge is 0.432 e. The van der Waals surface area contributed by atoms with E-state index in [4.69, 9.17) is 0 Å². The zero-order chi connectivity index (χ0) is 14.1. The highest BCUT2D eigenvalue weighted by molar-refractivity contribution is 5.15. The first-order chi connectivity index (χ1) is 7.40. The first-order valence-electron chi connectivity index (χ1n) is 4.13. The van der Waals surface area contributed by atoms with E-state index in [1.165, 1.54) is 0 Å². The monoisotopic (exact) mass is 274 g/mol. The summed E-state index contributed by atoms with van der Waals surface area (Å²) in [7, 11) is 0. The highest BCUT2D eigenvalue weighted by Crippen LogP contribution is 2.50. The molecule has 0 amide bonds. The lowest BCUT2D eigenvalue weighted by atomic mass is 9.88. The number of allylic oxidation sites excluding steroid dienone is 1. The molecule has 2 unspecified atom stereocenters. The Morgan fingerprint density at radius 2 is 1.47 bits per heavy atom. The van der Waals surface area contributed by atoms with Crippen LogP contribution in [0.2, 0.25) is 0 Å². The SMILES string of the molecule is CC(CF)C(F)(F)C(F)(C=C(F)F)C(F)(F)F. The highest BCUT2D eigenvalue weighted by atomic mass is 19.4. The lowest BCUT2D eigenvalue weighted by molar-refractivity contribution is -0.295. The van der Waals surface area contributed by atoms with Crippen LogP contribution in [0.25, 0.3) is 0 Å². The van der Waals surface area contributed by atoms with Gasteiger partial charge >= 0.3 is 6.18 Å². The van der Waals surface area contributed by atoms with Gasteiger partial charge in [0.2, 0.25) is 0 Å². The van der Waals surface area contributed by atoms with Gasteiger partial charge in [-0.05, 0) is 0 Å². The molecule has 0 radical (unpaired) electrons. The van der Waals surface area contributed by atoms with Crippen LogP contribution in [0.5, 0.6) is 0 Å². The number of alkyl halides is 7. The third-order valence-corrected chi connectivity index (χ3v) is 2.06. The summed E-state index contributed by atoms with van der Waals surface area (Å²) in [5.41, 5.74) is -5.61. The van der Waals surface area contributed by atoms with Crippen molar-refractivity contribution in [2.75, 3.05) is 6.67 Å². The summed E-state index contributed by atoms with van der Waals surface area (Å²) in [6.07, 6.45) is -11.1. The van der Waals surface area contributed by atoms with Crippen molar-refractivity contribution in [3.05, 3.63) is 12.2 Å². The van der Waals surface area contributed by atoms with Crippen molar-refractivity contribution in [3.63, 3.8) is 0 Å². The van der Waals surface area contributed by atoms with Gasteiger partial charge < -0.3 is 0 Å². The lowest BCUT2D eigenvalue weighted by Crippen LogP contribution is -2.57. The van der Waals surface area contributed by atoms with Crippen molar-refractivity contribution in [3.8, 4) is 0 Å². The predicted molar refractivity (Wildman–Crippen MR) is 40.3 cm³/mol. The van der Waals surface area contributed by atoms with E-state index in [9.17, 15) is 39.5 Å². The molecule has 0 aromatic rings. The van der Waals surface area contributed by atoms with Gasteiger partial charge in [-0.2, -0.15) is 22.0 Å². The second-order valence-electron chi connectivity index (χ2n) is 3.32. The van der Waals surface area contributed by atoms with Gasteiger partial charge in [0.25, 0.3) is 17.7 Å². The molecule has 0 fully saturated rings. The van der Waals surface area contributed by atoms with Crippen LogP contribution in [0, 0.1) is 5.92 Å². The minimum absolute atomic E-state index is 0.282. The predicted octanol–water partition coefficient (Wildman–Crippen LogP) is 4.28. The van der Waals surface area contributed by atoms with Gasteiger partial charge in [0.15, 0.2) is 0 Å². The molecule has 0 saturated carbocycles. The molecule has 0 bridgehead atoms. The number of hydrogen-bond donors (Lipinski definition) is 0. The van der Waals surface area contributed by atoms with E-state index < -0.39 is 42.5 Å². The maximum Gasteiger partial charge on any atom is 0.432 e. The van der Waals surface area contributed by atoms with E-state index in [0.29, 0.717) is 0 Å². The van der Waals surface area contributed by atoms with Gasteiger partial charge in [0, 0.05) is 6.08 Å². The normalized spacial score (nSPS) is 18.5. The molecule has 0 nitrogen and oxygen atoms in total. The van der Waals surface area contributed by atoms with Crippen LogP contribution in [-0.4, -0.2) is 24.4 Å². The van der Waals surface area contributed by atoms with Crippen molar-refractivity contribution < 1.29 is 39.5 Å². The summed E-state index contributed by atoms with van der Waals surface area (Å²) in [5.74, 6) is -8.05. The van der Waals surface area contributed by atoms with Crippen LogP contribution in [0.1, 0.15) is 6.92 Å². The molecular weight excluding hydrogens is 267 g/mol. The second-order valence-corrected chi connectivity index (χ2v) is 3.32. The molecule has 0 aromatic carbocycles. The molecule has 0 rings (SSSR count). The minimum Gasteiger partial charge on any atom is -0.251 e. The van der Waals surface area contributed by atoms with Crippen molar-refractivity contribution in [1.82, 2.24) is 0 Å². The molecule has 0 N–H and O–H groups in total. The van der Waals surface area contributed by atoms with E-state index in [1.54, 1.807) is 0 Å². The Morgan fingerprint density at radius 1 is 1.06 bits per heavy atom. The molecule has 102 valence electrons. The van der Waals surface area contributed by atoms with Crippen molar-refractivity contribution in [2.45, 2.75) is 24.7 Å². The Bertz CT molecular complexity index is 288. The van der Waals surface area contributed by atoms with E-state index >= 15 is 0 Å². The smallest absolute Gasteiger partial charge is 0.251 e. The van der Waals surface area contributed by atoms with Crippen LogP contribution < -0.4 is 0 Å². The van der Waals surface area contributed by atoms with Crippen molar-refractivity contribution >= 4 is 0 Å². The molecule has 2 atom stereocenters. The van der Waals surface area contributed by atoms with Gasteiger partial charge in [-0.1, -0.05) is 6.92 Å². The van der Waals surface area contributed by atoms with Crippen molar-refractivity contribution in [1.29, 1.82) is 0 Å². The number of rotatable bonds is 4. The van der Waals surface area contributed by atoms with Crippen LogP contribution in [0.3, 0.4) is 0 Å². The van der Waals surface area contributed by atoms with E-state index in [-0.39, 0.29) is 6.92 Å². The molecule has 0 aliphatic heterocycles. The average Bonchev–Trinajstić information content (AvgIpc) is 2.13. The lowest BCUT2D eigenvalue weighted by Gasteiger charge is -2.35. The zero-order valence-corrected chi connectivity index (χ0v) is 8.26. The van der Waals surface area contributed by atoms with Gasteiger partial charge in [-0.25, -0.2) is 13.2 Å². The molecule has 0 aromatic heterocycles. The summed E-state index contributed by atoms with van der Waals surface area (Å²) >= 11 is 0. The van der Waals surface area contributed by atoms with Gasteiger partial charge in [-0.15, -0.1) is 0 Å². The Kier molecular flexibility index (Phi) is 4.52. The third kappa shape index (κ3) is 2.86. The fourth-order valence-corrected chi connectivity index (χ4v) is 0.973. The summed E-state index contributed by atoms with van der Waals surface area (Å²) in [6.45, 7) is -1.71. The molecule has 0 heterocycles. The molecule has 0 aliphatic carbocycles. The molecule has 9 heteroatoms. The number of hydrogen-bond acceptors (Lipinski definition) is 0. The van der Waals surface area contributed by atoms with E-state index in [2.05, 4.69) is 0 Å². The second kappa shape index (κ2) is 4.77. The topological polar surface area (TPSA) is 0 Å². The number of halogens is 9. The Labute approximate surface area is 90.1 Å². The summed E-state index contributed by atoms with van der Waals surface area (Å²) in [5, 5.41) is 0. The van der Waals surface area contributed by atoms with Crippen molar-refractivity contribution in [2.24, 2.45) is 5.92 Å². The maximum atomic E-state index is 13.2. The standard InChI is InChI=1S/C8H7F9/c1-4(3-9)7(13,14)6(12,2-5(10)11)8(15,16)17/h2,4H,3H2,1H3. The zero-order valence-electron chi connectivity index (χ0n) is 8.26. The summed E-state index contributed by atoms with van der Waals surface area (Å²) in [4.78, 5) is 0. The van der Waals surface area contributed by atoms with Crippen LogP contribution >= 0.6 is 0 Å². The molecule has 17 heavy (non-hydrogen) atoms. The average molecular weight is 274 g/mol. The first-order valence-corrected chi connectivity index (χ1v) is 4.13. The Morgan fingerprint density at radius 3 is 1.71 bits per heavy atom. The minimum atomic E-state index is -6.29. The fourth-order valence-electron chi connectivity index (χ4n) is 0.973. The van der Waals surface area contributed by atoms with Crippen LogP contribution in [-0.2, 0) is 0 Å². The molecule has 0 aliphatic rings. The maximum absolute atomic E-state index is 13.2. The summed E-state index contributed by atoms with van der Waals surface area (Å²) < 4.78 is 111. The quantitative estimate of drug-likeness (QED) is 0.671. The van der Waals surface area contributed by atoms with Gasteiger partial charge in [-0.3, -0.25) is 4.39 Å². The van der Waals surface area contributed by atoms with E-state index in [1.807, 2.05) is 0 Å². The van der Waals surface area contributed by atoms with Gasteiger partial charge in [0.05, 0.1) is 12.6 Å². The molecular formula is C8H7F9. The molecule has 0 spiro atoms. The summed E-state index contributed by atoms with van der Waals surface area (Å²) in [6, 6.07) is 0. The van der Waals surface area contributed by atoms with E-state index in [0.717, 1.165) is 0 Å². The van der Waals surface area contributed by atoms with Gasteiger partial charge in [0.1, 0.15) is 0 Å². The Balaban J connectivity index is 5.73. The first kappa shape index (κ1) is 16.1. The van der Waals surface area contributed by atoms with Crippen LogP contribution in [0.4, 0.5) is 39.5 Å². The fraction of sp³-hybridized carbons (Fsp3) is 0.750. The molecule has 0 saturated heterocycles. The third-order valence-electron chi connectivity index (χ3n) is 2.06. The Hall–Kier alpha value is -0.890. The van der Waals surface area contributed by atoms with Crippen LogP contribution in [0.15, 0.2) is 12.2 Å².